The Bertz CT molecular complexity index is 825. The summed E-state index contributed by atoms with van der Waals surface area (Å²) in [6, 6.07) is 13.3. The van der Waals surface area contributed by atoms with E-state index >= 15 is 0 Å². The quantitative estimate of drug-likeness (QED) is 0.622. The number of hydrogen-bond acceptors (Lipinski definition) is 1. The van der Waals surface area contributed by atoms with Crippen LogP contribution < -0.4 is 0 Å². The van der Waals surface area contributed by atoms with Crippen molar-refractivity contribution in [1.82, 2.24) is 9.97 Å². The van der Waals surface area contributed by atoms with E-state index in [4.69, 9.17) is 34.8 Å². The van der Waals surface area contributed by atoms with E-state index in [9.17, 15) is 0 Å². The van der Waals surface area contributed by atoms with Gasteiger partial charge in [-0.15, -0.1) is 0 Å². The molecular weight excluding hydrogens is 339 g/mol. The van der Waals surface area contributed by atoms with Crippen molar-refractivity contribution in [3.63, 3.8) is 0 Å². The van der Waals surface area contributed by atoms with Gasteiger partial charge in [-0.3, -0.25) is 0 Å². The SMILES string of the molecule is Cc1[nH]c(Cc2cccc(Cl)c2)nc1-c1ccc(Cl)c(Cl)c1. The van der Waals surface area contributed by atoms with Crippen LogP contribution in [0, 0.1) is 6.92 Å². The average molecular weight is 352 g/mol. The molecule has 22 heavy (non-hydrogen) atoms. The van der Waals surface area contributed by atoms with E-state index in [1.807, 2.05) is 43.3 Å². The molecule has 3 aromatic rings. The predicted molar refractivity (Wildman–Crippen MR) is 93.0 cm³/mol. The van der Waals surface area contributed by atoms with Gasteiger partial charge in [-0.2, -0.15) is 0 Å². The zero-order chi connectivity index (χ0) is 15.7. The summed E-state index contributed by atoms with van der Waals surface area (Å²) in [4.78, 5) is 7.99. The molecule has 0 fully saturated rings. The maximum absolute atomic E-state index is 6.09. The summed E-state index contributed by atoms with van der Waals surface area (Å²) in [7, 11) is 0. The van der Waals surface area contributed by atoms with E-state index in [0.717, 1.165) is 33.4 Å². The second kappa shape index (κ2) is 6.33. The minimum atomic E-state index is 0.526. The van der Waals surface area contributed by atoms with Gasteiger partial charge in [-0.1, -0.05) is 53.0 Å². The lowest BCUT2D eigenvalue weighted by atomic mass is 10.1. The molecule has 0 spiro atoms. The Labute approximate surface area is 144 Å². The molecule has 3 rings (SSSR count). The van der Waals surface area contributed by atoms with Crippen molar-refractivity contribution in [2.75, 3.05) is 0 Å². The Hall–Kier alpha value is -1.48. The molecule has 1 aromatic heterocycles. The Morgan fingerprint density at radius 1 is 1.00 bits per heavy atom. The first-order valence-electron chi connectivity index (χ1n) is 6.78. The van der Waals surface area contributed by atoms with E-state index in [0.29, 0.717) is 16.5 Å². The highest BCUT2D eigenvalue weighted by Gasteiger charge is 2.11. The van der Waals surface area contributed by atoms with Crippen LogP contribution in [0.5, 0.6) is 0 Å². The number of nitrogens with one attached hydrogen (secondary N) is 1. The average Bonchev–Trinajstić information content (AvgIpc) is 2.82. The zero-order valence-electron chi connectivity index (χ0n) is 11.8. The first-order valence-corrected chi connectivity index (χ1v) is 7.91. The summed E-state index contributed by atoms with van der Waals surface area (Å²) >= 11 is 18.1. The van der Waals surface area contributed by atoms with E-state index < -0.39 is 0 Å². The summed E-state index contributed by atoms with van der Waals surface area (Å²) in [5, 5.41) is 1.79. The van der Waals surface area contributed by atoms with Gasteiger partial charge < -0.3 is 4.98 Å². The minimum Gasteiger partial charge on any atom is -0.345 e. The molecule has 0 aliphatic rings. The van der Waals surface area contributed by atoms with Gasteiger partial charge in [0.15, 0.2) is 0 Å². The smallest absolute Gasteiger partial charge is 0.111 e. The summed E-state index contributed by atoms with van der Waals surface area (Å²) in [5.41, 5.74) is 3.94. The number of halogens is 3. The molecule has 0 atom stereocenters. The molecule has 0 amide bonds. The van der Waals surface area contributed by atoms with Crippen molar-refractivity contribution in [1.29, 1.82) is 0 Å². The number of aromatic amines is 1. The molecule has 1 N–H and O–H groups in total. The lowest BCUT2D eigenvalue weighted by molar-refractivity contribution is 1.02. The van der Waals surface area contributed by atoms with Crippen LogP contribution in [0.2, 0.25) is 15.1 Å². The number of H-pyrrole nitrogens is 1. The van der Waals surface area contributed by atoms with Crippen LogP contribution >= 0.6 is 34.8 Å². The fraction of sp³-hybridized carbons (Fsp3) is 0.118. The predicted octanol–water partition coefficient (Wildman–Crippen LogP) is 5.94. The molecular formula is C17H13Cl3N2. The van der Waals surface area contributed by atoms with Crippen LogP contribution in [-0.4, -0.2) is 9.97 Å². The van der Waals surface area contributed by atoms with Gasteiger partial charge >= 0.3 is 0 Å². The molecule has 0 saturated heterocycles. The molecule has 1 heterocycles. The molecule has 0 unspecified atom stereocenters. The third-order valence-corrected chi connectivity index (χ3v) is 4.36. The van der Waals surface area contributed by atoms with Gasteiger partial charge in [0.1, 0.15) is 5.82 Å². The number of benzene rings is 2. The minimum absolute atomic E-state index is 0.526. The Balaban J connectivity index is 1.92. The second-order valence-electron chi connectivity index (χ2n) is 5.09. The summed E-state index contributed by atoms with van der Waals surface area (Å²) < 4.78 is 0. The number of aryl methyl sites for hydroxylation is 1. The molecule has 0 saturated carbocycles. The third-order valence-electron chi connectivity index (χ3n) is 3.39. The van der Waals surface area contributed by atoms with Crippen molar-refractivity contribution in [2.24, 2.45) is 0 Å². The third kappa shape index (κ3) is 3.30. The van der Waals surface area contributed by atoms with E-state index in [1.165, 1.54) is 0 Å². The van der Waals surface area contributed by atoms with Crippen LogP contribution in [0.25, 0.3) is 11.3 Å². The van der Waals surface area contributed by atoms with Crippen molar-refractivity contribution < 1.29 is 0 Å². The van der Waals surface area contributed by atoms with Crippen LogP contribution in [0.15, 0.2) is 42.5 Å². The largest absolute Gasteiger partial charge is 0.345 e. The van der Waals surface area contributed by atoms with Gasteiger partial charge in [0.05, 0.1) is 15.7 Å². The first kappa shape index (κ1) is 15.4. The molecule has 0 radical (unpaired) electrons. The summed E-state index contributed by atoms with van der Waals surface area (Å²) in [6.07, 6.45) is 0.697. The highest BCUT2D eigenvalue weighted by molar-refractivity contribution is 6.42. The van der Waals surface area contributed by atoms with Crippen LogP contribution in [0.4, 0.5) is 0 Å². The Morgan fingerprint density at radius 2 is 1.82 bits per heavy atom. The van der Waals surface area contributed by atoms with Crippen molar-refractivity contribution in [2.45, 2.75) is 13.3 Å². The Morgan fingerprint density at radius 3 is 2.55 bits per heavy atom. The number of aromatic nitrogens is 2. The highest BCUT2D eigenvalue weighted by atomic mass is 35.5. The standard InChI is InChI=1S/C17H13Cl3N2/c1-10-17(12-5-6-14(19)15(20)9-12)22-16(21-10)8-11-3-2-4-13(18)7-11/h2-7,9H,8H2,1H3,(H,21,22). The van der Waals surface area contributed by atoms with E-state index in [-0.39, 0.29) is 0 Å². The van der Waals surface area contributed by atoms with E-state index in [2.05, 4.69) is 9.97 Å². The van der Waals surface area contributed by atoms with Gasteiger partial charge in [0, 0.05) is 22.7 Å². The molecule has 5 heteroatoms. The maximum atomic E-state index is 6.09. The van der Waals surface area contributed by atoms with Gasteiger partial charge in [0.25, 0.3) is 0 Å². The Kier molecular flexibility index (Phi) is 4.44. The van der Waals surface area contributed by atoms with Gasteiger partial charge in [-0.25, -0.2) is 4.98 Å². The number of imidazole rings is 1. The molecule has 2 aromatic carbocycles. The lowest BCUT2D eigenvalue weighted by Gasteiger charge is -2.01. The first-order chi connectivity index (χ1) is 10.5. The summed E-state index contributed by atoms with van der Waals surface area (Å²) in [5.74, 6) is 0.890. The van der Waals surface area contributed by atoms with Gasteiger partial charge in [-0.05, 0) is 36.8 Å². The monoisotopic (exact) mass is 350 g/mol. The molecule has 0 aliphatic heterocycles. The summed E-state index contributed by atoms with van der Waals surface area (Å²) in [6.45, 7) is 1.99. The van der Waals surface area contributed by atoms with Crippen LogP contribution in [0.3, 0.4) is 0 Å². The second-order valence-corrected chi connectivity index (χ2v) is 6.34. The molecule has 112 valence electrons. The topological polar surface area (TPSA) is 28.7 Å². The van der Waals surface area contributed by atoms with Crippen molar-refractivity contribution in [3.05, 3.63) is 74.6 Å². The van der Waals surface area contributed by atoms with Gasteiger partial charge in [0.2, 0.25) is 0 Å². The lowest BCUT2D eigenvalue weighted by Crippen LogP contribution is -1.90. The zero-order valence-corrected chi connectivity index (χ0v) is 14.1. The number of hydrogen-bond donors (Lipinski definition) is 1. The highest BCUT2D eigenvalue weighted by Crippen LogP contribution is 2.29. The normalized spacial score (nSPS) is 10.9. The molecule has 0 bridgehead atoms. The van der Waals surface area contributed by atoms with Crippen LogP contribution in [0.1, 0.15) is 17.1 Å². The molecule has 0 aliphatic carbocycles. The fourth-order valence-electron chi connectivity index (χ4n) is 2.37. The van der Waals surface area contributed by atoms with E-state index in [1.54, 1.807) is 6.07 Å². The fourth-order valence-corrected chi connectivity index (χ4v) is 2.88. The van der Waals surface area contributed by atoms with Crippen molar-refractivity contribution in [3.8, 4) is 11.3 Å². The number of nitrogens with zero attached hydrogens (tertiary/aromatic N) is 1. The maximum Gasteiger partial charge on any atom is 0.111 e. The van der Waals surface area contributed by atoms with Crippen LogP contribution in [-0.2, 0) is 6.42 Å². The molecule has 2 nitrogen and oxygen atoms in total. The van der Waals surface area contributed by atoms with Crippen molar-refractivity contribution >= 4 is 34.8 Å². The number of rotatable bonds is 3.